The first-order valence-corrected chi connectivity index (χ1v) is 6.58. The van der Waals surface area contributed by atoms with Crippen molar-refractivity contribution in [2.24, 2.45) is 11.3 Å². The molecule has 0 unspecified atom stereocenters. The third-order valence-corrected chi connectivity index (χ3v) is 4.03. The topological polar surface area (TPSA) is 17.1 Å². The van der Waals surface area contributed by atoms with Gasteiger partial charge in [0, 0.05) is 12.8 Å². The molecule has 0 saturated heterocycles. The number of carbonyl (C=O) groups excluding carboxylic acids is 1. The molecule has 1 rings (SSSR count). The van der Waals surface area contributed by atoms with E-state index in [-0.39, 0.29) is 0 Å². The monoisotopic (exact) mass is 210 g/mol. The molecular formula is C14H26O. The van der Waals surface area contributed by atoms with Gasteiger partial charge in [0.25, 0.3) is 0 Å². The molecule has 1 heteroatoms. The first-order valence-electron chi connectivity index (χ1n) is 6.58. The average molecular weight is 210 g/mol. The highest BCUT2D eigenvalue weighted by molar-refractivity contribution is 5.79. The van der Waals surface area contributed by atoms with Crippen molar-refractivity contribution in [3.8, 4) is 0 Å². The summed E-state index contributed by atoms with van der Waals surface area (Å²) in [6.45, 7) is 6.92. The molecule has 1 saturated carbocycles. The molecule has 0 aliphatic heterocycles. The minimum absolute atomic E-state index is 0.403. The minimum atomic E-state index is 0.403. The van der Waals surface area contributed by atoms with Crippen molar-refractivity contribution >= 4 is 5.78 Å². The number of hydrogen-bond donors (Lipinski definition) is 0. The number of rotatable bonds is 5. The average Bonchev–Trinajstić information content (AvgIpc) is 2.18. The molecule has 1 nitrogen and oxygen atoms in total. The van der Waals surface area contributed by atoms with Crippen molar-refractivity contribution in [2.75, 3.05) is 0 Å². The molecule has 0 radical (unpaired) electrons. The highest BCUT2D eigenvalue weighted by Gasteiger charge is 2.34. The Morgan fingerprint density at radius 1 is 1.27 bits per heavy atom. The van der Waals surface area contributed by atoms with Gasteiger partial charge in [0.05, 0.1) is 0 Å². The van der Waals surface area contributed by atoms with E-state index in [0.717, 1.165) is 19.3 Å². The fraction of sp³-hybridized carbons (Fsp3) is 0.929. The Kier molecular flexibility index (Phi) is 4.82. The SMILES string of the molecule is CCCCCC[C@H]1CC(=O)CCC1(C)C. The van der Waals surface area contributed by atoms with Crippen LogP contribution in [0.25, 0.3) is 0 Å². The van der Waals surface area contributed by atoms with Crippen LogP contribution in [0.3, 0.4) is 0 Å². The van der Waals surface area contributed by atoms with E-state index in [1.807, 2.05) is 0 Å². The van der Waals surface area contributed by atoms with Crippen molar-refractivity contribution in [1.82, 2.24) is 0 Å². The van der Waals surface area contributed by atoms with Gasteiger partial charge in [0.2, 0.25) is 0 Å². The number of ketones is 1. The fourth-order valence-corrected chi connectivity index (χ4v) is 2.63. The first kappa shape index (κ1) is 12.7. The second kappa shape index (κ2) is 5.67. The molecule has 1 aliphatic rings. The molecule has 0 heterocycles. The summed E-state index contributed by atoms with van der Waals surface area (Å²) in [7, 11) is 0. The van der Waals surface area contributed by atoms with Gasteiger partial charge in [-0.3, -0.25) is 4.79 Å². The molecule has 1 aliphatic carbocycles. The van der Waals surface area contributed by atoms with Crippen LogP contribution in [0.5, 0.6) is 0 Å². The maximum atomic E-state index is 11.5. The molecule has 0 aromatic carbocycles. The lowest BCUT2D eigenvalue weighted by molar-refractivity contribution is -0.124. The molecule has 0 aromatic heterocycles. The van der Waals surface area contributed by atoms with Gasteiger partial charge < -0.3 is 0 Å². The van der Waals surface area contributed by atoms with Crippen LogP contribution in [0, 0.1) is 11.3 Å². The summed E-state index contributed by atoms with van der Waals surface area (Å²) >= 11 is 0. The third-order valence-electron chi connectivity index (χ3n) is 4.03. The smallest absolute Gasteiger partial charge is 0.133 e. The van der Waals surface area contributed by atoms with Gasteiger partial charge in [0.15, 0.2) is 0 Å². The fourth-order valence-electron chi connectivity index (χ4n) is 2.63. The van der Waals surface area contributed by atoms with Crippen molar-refractivity contribution in [3.05, 3.63) is 0 Å². The number of unbranched alkanes of at least 4 members (excludes halogenated alkanes) is 3. The molecule has 88 valence electrons. The molecule has 0 aromatic rings. The molecular weight excluding hydrogens is 184 g/mol. The lowest BCUT2D eigenvalue weighted by Gasteiger charge is -2.38. The predicted molar refractivity (Wildman–Crippen MR) is 64.9 cm³/mol. The second-order valence-electron chi connectivity index (χ2n) is 5.78. The van der Waals surface area contributed by atoms with E-state index in [4.69, 9.17) is 0 Å². The van der Waals surface area contributed by atoms with Gasteiger partial charge in [-0.1, -0.05) is 46.5 Å². The zero-order valence-electron chi connectivity index (χ0n) is 10.6. The predicted octanol–water partition coefficient (Wildman–Crippen LogP) is 4.35. The van der Waals surface area contributed by atoms with Crippen LogP contribution in [0.2, 0.25) is 0 Å². The van der Waals surface area contributed by atoms with E-state index >= 15 is 0 Å². The second-order valence-corrected chi connectivity index (χ2v) is 5.78. The normalized spacial score (nSPS) is 25.5. The summed E-state index contributed by atoms with van der Waals surface area (Å²) < 4.78 is 0. The van der Waals surface area contributed by atoms with Crippen LogP contribution in [-0.2, 0) is 4.79 Å². The van der Waals surface area contributed by atoms with Crippen molar-refractivity contribution < 1.29 is 4.79 Å². The van der Waals surface area contributed by atoms with E-state index in [2.05, 4.69) is 20.8 Å². The Labute approximate surface area is 94.6 Å². The van der Waals surface area contributed by atoms with Crippen LogP contribution in [0.1, 0.15) is 72.1 Å². The van der Waals surface area contributed by atoms with Crippen LogP contribution in [0.4, 0.5) is 0 Å². The first-order chi connectivity index (χ1) is 7.06. The van der Waals surface area contributed by atoms with E-state index in [0.29, 0.717) is 17.1 Å². The van der Waals surface area contributed by atoms with Crippen molar-refractivity contribution in [1.29, 1.82) is 0 Å². The number of Topliss-reactive ketones (excluding diaryl/α,β-unsaturated/α-hetero) is 1. The molecule has 0 N–H and O–H groups in total. The molecule has 0 spiro atoms. The molecule has 15 heavy (non-hydrogen) atoms. The van der Waals surface area contributed by atoms with Gasteiger partial charge in [-0.05, 0) is 24.2 Å². The zero-order chi connectivity index (χ0) is 11.3. The maximum Gasteiger partial charge on any atom is 0.133 e. The Balaban J connectivity index is 2.33. The summed E-state index contributed by atoms with van der Waals surface area (Å²) in [6.07, 6.45) is 9.33. The standard InChI is InChI=1S/C14H26O/c1-4-5-6-7-8-12-11-13(15)9-10-14(12,2)3/h12H,4-11H2,1-3H3/t12-/m0/s1. The molecule has 0 bridgehead atoms. The summed E-state index contributed by atoms with van der Waals surface area (Å²) in [5.74, 6) is 1.14. The van der Waals surface area contributed by atoms with Crippen molar-refractivity contribution in [3.63, 3.8) is 0 Å². The molecule has 1 fully saturated rings. The largest absolute Gasteiger partial charge is 0.300 e. The third kappa shape index (κ3) is 3.96. The zero-order valence-corrected chi connectivity index (χ0v) is 10.6. The van der Waals surface area contributed by atoms with Gasteiger partial charge in [-0.25, -0.2) is 0 Å². The Morgan fingerprint density at radius 2 is 2.00 bits per heavy atom. The van der Waals surface area contributed by atoms with Crippen LogP contribution in [-0.4, -0.2) is 5.78 Å². The van der Waals surface area contributed by atoms with Crippen molar-refractivity contribution in [2.45, 2.75) is 72.1 Å². The molecule has 0 amide bonds. The van der Waals surface area contributed by atoms with E-state index in [1.54, 1.807) is 0 Å². The highest BCUT2D eigenvalue weighted by Crippen LogP contribution is 2.41. The Bertz CT molecular complexity index is 205. The van der Waals surface area contributed by atoms with Gasteiger partial charge in [-0.2, -0.15) is 0 Å². The summed E-state index contributed by atoms with van der Waals surface area (Å²) in [5, 5.41) is 0. The van der Waals surface area contributed by atoms with Gasteiger partial charge in [0.1, 0.15) is 5.78 Å². The number of hydrogen-bond acceptors (Lipinski definition) is 1. The summed E-state index contributed by atoms with van der Waals surface area (Å²) in [6, 6.07) is 0. The van der Waals surface area contributed by atoms with Gasteiger partial charge in [-0.15, -0.1) is 0 Å². The molecule has 1 atom stereocenters. The van der Waals surface area contributed by atoms with Gasteiger partial charge >= 0.3 is 0 Å². The lowest BCUT2D eigenvalue weighted by Crippen LogP contribution is -2.31. The Morgan fingerprint density at radius 3 is 2.67 bits per heavy atom. The number of carbonyl (C=O) groups is 1. The lowest BCUT2D eigenvalue weighted by atomic mass is 9.67. The highest BCUT2D eigenvalue weighted by atomic mass is 16.1. The minimum Gasteiger partial charge on any atom is -0.300 e. The van der Waals surface area contributed by atoms with E-state index in [9.17, 15) is 4.79 Å². The summed E-state index contributed by atoms with van der Waals surface area (Å²) in [4.78, 5) is 11.5. The van der Waals surface area contributed by atoms with Crippen LogP contribution >= 0.6 is 0 Å². The van der Waals surface area contributed by atoms with E-state index < -0.39 is 0 Å². The maximum absolute atomic E-state index is 11.5. The summed E-state index contributed by atoms with van der Waals surface area (Å²) in [5.41, 5.74) is 0.403. The van der Waals surface area contributed by atoms with E-state index in [1.165, 1.54) is 32.1 Å². The Hall–Kier alpha value is -0.330. The van der Waals surface area contributed by atoms with Crippen LogP contribution < -0.4 is 0 Å². The van der Waals surface area contributed by atoms with Crippen LogP contribution in [0.15, 0.2) is 0 Å². The quantitative estimate of drug-likeness (QED) is 0.616.